The number of H-pyrrole nitrogens is 1. The van der Waals surface area contributed by atoms with Gasteiger partial charge in [-0.2, -0.15) is 9.97 Å². The van der Waals surface area contributed by atoms with Crippen molar-refractivity contribution in [3.63, 3.8) is 0 Å². The molecule has 0 amide bonds. The molecule has 0 aliphatic carbocycles. The molecule has 11 heteroatoms. The smallest absolute Gasteiger partial charge is 0.328 e. The summed E-state index contributed by atoms with van der Waals surface area (Å²) < 4.78 is 19.1. The van der Waals surface area contributed by atoms with Crippen LogP contribution in [0.1, 0.15) is 44.7 Å². The van der Waals surface area contributed by atoms with Crippen molar-refractivity contribution in [3.05, 3.63) is 39.8 Å². The van der Waals surface area contributed by atoms with E-state index in [4.69, 9.17) is 19.9 Å². The zero-order chi connectivity index (χ0) is 26.9. The molecule has 3 aromatic rings. The molecule has 5 rings (SSSR count). The summed E-state index contributed by atoms with van der Waals surface area (Å²) in [5.41, 5.74) is 8.57. The van der Waals surface area contributed by atoms with Gasteiger partial charge in [-0.1, -0.05) is 25.5 Å². The number of nitrogens with two attached hydrogens (primary N) is 1. The SMILES string of the molecule is CCCCOc1nc(N)c2[nH]c(=O)n(Cc3ccc(CN4CC5(C4)CN(C(C)C)CCO5)cc3OC)c2n1. The molecule has 1 spiro atoms. The Morgan fingerprint density at radius 1 is 1.21 bits per heavy atom. The number of imidazole rings is 1. The fourth-order valence-corrected chi connectivity index (χ4v) is 5.38. The maximum atomic E-state index is 12.8. The molecule has 206 valence electrons. The van der Waals surface area contributed by atoms with Crippen LogP contribution in [0.2, 0.25) is 0 Å². The van der Waals surface area contributed by atoms with Crippen LogP contribution in [0.25, 0.3) is 11.2 Å². The third-order valence-electron chi connectivity index (χ3n) is 7.48. The lowest BCUT2D eigenvalue weighted by atomic mass is 9.90. The van der Waals surface area contributed by atoms with Gasteiger partial charge in [0.15, 0.2) is 11.5 Å². The molecular weight excluding hydrogens is 486 g/mol. The Morgan fingerprint density at radius 3 is 2.76 bits per heavy atom. The third kappa shape index (κ3) is 5.36. The number of aromatic nitrogens is 4. The molecule has 0 radical (unpaired) electrons. The van der Waals surface area contributed by atoms with E-state index in [0.29, 0.717) is 23.8 Å². The Bertz CT molecular complexity index is 1330. The quantitative estimate of drug-likeness (QED) is 0.384. The summed E-state index contributed by atoms with van der Waals surface area (Å²) in [6.07, 6.45) is 1.87. The van der Waals surface area contributed by atoms with Gasteiger partial charge in [0.1, 0.15) is 16.9 Å². The van der Waals surface area contributed by atoms with E-state index in [1.807, 2.05) is 12.1 Å². The van der Waals surface area contributed by atoms with Gasteiger partial charge in [0.05, 0.1) is 26.9 Å². The molecule has 2 aromatic heterocycles. The van der Waals surface area contributed by atoms with Gasteiger partial charge < -0.3 is 24.9 Å². The number of nitrogen functional groups attached to an aromatic ring is 1. The number of hydrogen-bond acceptors (Lipinski definition) is 9. The summed E-state index contributed by atoms with van der Waals surface area (Å²) >= 11 is 0. The van der Waals surface area contributed by atoms with E-state index in [-0.39, 0.29) is 29.7 Å². The second-order valence-corrected chi connectivity index (χ2v) is 10.7. The van der Waals surface area contributed by atoms with Crippen LogP contribution in [0.15, 0.2) is 23.0 Å². The van der Waals surface area contributed by atoms with E-state index in [0.717, 1.165) is 69.0 Å². The second kappa shape index (κ2) is 10.9. The lowest BCUT2D eigenvalue weighted by Crippen LogP contribution is -2.70. The molecule has 2 fully saturated rings. The molecule has 4 heterocycles. The number of methoxy groups -OCH3 is 1. The van der Waals surface area contributed by atoms with E-state index < -0.39 is 0 Å². The molecule has 0 saturated carbocycles. The largest absolute Gasteiger partial charge is 0.496 e. The molecule has 0 bridgehead atoms. The number of benzene rings is 1. The first kappa shape index (κ1) is 26.5. The first-order valence-corrected chi connectivity index (χ1v) is 13.5. The van der Waals surface area contributed by atoms with Crippen LogP contribution in [-0.2, 0) is 17.8 Å². The van der Waals surface area contributed by atoms with E-state index in [2.05, 4.69) is 51.6 Å². The number of unbranched alkanes of at least 4 members (excludes halogenated alkanes) is 1. The molecule has 0 atom stereocenters. The van der Waals surface area contributed by atoms with Crippen LogP contribution in [0.5, 0.6) is 11.8 Å². The highest BCUT2D eigenvalue weighted by Crippen LogP contribution is 2.32. The highest BCUT2D eigenvalue weighted by atomic mass is 16.5. The lowest BCUT2D eigenvalue weighted by molar-refractivity contribution is -0.189. The number of anilines is 1. The number of nitrogens with one attached hydrogen (secondary N) is 1. The predicted molar refractivity (Wildman–Crippen MR) is 146 cm³/mol. The normalized spacial score (nSPS) is 17.8. The van der Waals surface area contributed by atoms with Crippen LogP contribution in [0.4, 0.5) is 5.82 Å². The van der Waals surface area contributed by atoms with E-state index in [1.54, 1.807) is 7.11 Å². The average Bonchev–Trinajstić information content (AvgIpc) is 3.19. The first-order valence-electron chi connectivity index (χ1n) is 13.5. The van der Waals surface area contributed by atoms with Crippen LogP contribution in [0, 0.1) is 0 Å². The molecule has 1 aromatic carbocycles. The molecule has 2 aliphatic heterocycles. The van der Waals surface area contributed by atoms with Gasteiger partial charge in [-0.3, -0.25) is 14.4 Å². The molecule has 11 nitrogen and oxygen atoms in total. The zero-order valence-electron chi connectivity index (χ0n) is 22.8. The van der Waals surface area contributed by atoms with Crippen molar-refractivity contribution in [1.29, 1.82) is 0 Å². The number of hydrogen-bond donors (Lipinski definition) is 2. The summed E-state index contributed by atoms with van der Waals surface area (Å²) in [7, 11) is 1.65. The third-order valence-corrected chi connectivity index (χ3v) is 7.48. The Hall–Kier alpha value is -3.15. The number of likely N-dealkylation sites (tertiary alicyclic amines) is 1. The number of fused-ring (bicyclic) bond motifs is 1. The fourth-order valence-electron chi connectivity index (χ4n) is 5.38. The standard InChI is InChI=1S/C27H39N7O4/c1-5-6-10-37-25-30-23(28)22-24(31-25)34(26(35)29-22)14-20-8-7-19(12-21(20)36-4)13-32-15-27(16-32)17-33(18(2)3)9-11-38-27/h7-8,12,18H,5-6,9-11,13-17H2,1-4H3,(H,29,35)(H2,28,30,31). The van der Waals surface area contributed by atoms with Gasteiger partial charge in [-0.15, -0.1) is 0 Å². The molecule has 38 heavy (non-hydrogen) atoms. The monoisotopic (exact) mass is 525 g/mol. The lowest BCUT2D eigenvalue weighted by Gasteiger charge is -2.54. The Labute approximate surface area is 222 Å². The van der Waals surface area contributed by atoms with Gasteiger partial charge >= 0.3 is 11.7 Å². The van der Waals surface area contributed by atoms with Gasteiger partial charge in [0.2, 0.25) is 0 Å². The summed E-state index contributed by atoms with van der Waals surface area (Å²) in [4.78, 5) is 29.2. The van der Waals surface area contributed by atoms with Crippen molar-refractivity contribution in [2.24, 2.45) is 0 Å². The minimum atomic E-state index is -0.313. The Balaban J connectivity index is 1.30. The van der Waals surface area contributed by atoms with Crippen molar-refractivity contribution in [3.8, 4) is 11.8 Å². The van der Waals surface area contributed by atoms with Crippen LogP contribution in [0.3, 0.4) is 0 Å². The first-order chi connectivity index (χ1) is 18.3. The van der Waals surface area contributed by atoms with Gasteiger partial charge in [-0.25, -0.2) is 4.79 Å². The molecule has 2 saturated heterocycles. The number of nitrogens with zero attached hydrogens (tertiary/aromatic N) is 5. The van der Waals surface area contributed by atoms with Gasteiger partial charge in [0, 0.05) is 44.3 Å². The maximum absolute atomic E-state index is 12.8. The summed E-state index contributed by atoms with van der Waals surface area (Å²) in [5.74, 6) is 0.908. The van der Waals surface area contributed by atoms with Crippen molar-refractivity contribution in [1.82, 2.24) is 29.3 Å². The van der Waals surface area contributed by atoms with Crippen molar-refractivity contribution < 1.29 is 14.2 Å². The number of ether oxygens (including phenoxy) is 3. The van der Waals surface area contributed by atoms with Gasteiger partial charge in [-0.05, 0) is 31.9 Å². The van der Waals surface area contributed by atoms with E-state index >= 15 is 0 Å². The molecule has 0 unspecified atom stereocenters. The van der Waals surface area contributed by atoms with Crippen molar-refractivity contribution in [2.45, 2.75) is 58.3 Å². The minimum Gasteiger partial charge on any atom is -0.496 e. The number of rotatable bonds is 10. The van der Waals surface area contributed by atoms with Crippen molar-refractivity contribution in [2.75, 3.05) is 52.2 Å². The molecule has 2 aliphatic rings. The van der Waals surface area contributed by atoms with E-state index in [9.17, 15) is 4.79 Å². The number of morpholine rings is 1. The molecular formula is C27H39N7O4. The van der Waals surface area contributed by atoms with Crippen molar-refractivity contribution >= 4 is 17.0 Å². The van der Waals surface area contributed by atoms with Gasteiger partial charge in [0.25, 0.3) is 0 Å². The summed E-state index contributed by atoms with van der Waals surface area (Å²) in [5, 5.41) is 0. The highest BCUT2D eigenvalue weighted by Gasteiger charge is 2.47. The summed E-state index contributed by atoms with van der Waals surface area (Å²) in [6, 6.07) is 6.85. The predicted octanol–water partition coefficient (Wildman–Crippen LogP) is 2.23. The average molecular weight is 526 g/mol. The topological polar surface area (TPSA) is 124 Å². The van der Waals surface area contributed by atoms with E-state index in [1.165, 1.54) is 4.57 Å². The maximum Gasteiger partial charge on any atom is 0.328 e. The fraction of sp³-hybridized carbons (Fsp3) is 0.593. The second-order valence-electron chi connectivity index (χ2n) is 10.7. The minimum absolute atomic E-state index is 0.0497. The highest BCUT2D eigenvalue weighted by molar-refractivity contribution is 5.82. The Morgan fingerprint density at radius 2 is 2.03 bits per heavy atom. The summed E-state index contributed by atoms with van der Waals surface area (Å²) in [6.45, 7) is 12.8. The van der Waals surface area contributed by atoms with Crippen LogP contribution >= 0.6 is 0 Å². The zero-order valence-corrected chi connectivity index (χ0v) is 22.8. The Kier molecular flexibility index (Phi) is 7.60. The van der Waals surface area contributed by atoms with Crippen LogP contribution < -0.4 is 20.9 Å². The number of aromatic amines is 1. The van der Waals surface area contributed by atoms with Crippen LogP contribution in [-0.4, -0.2) is 87.5 Å². The molecule has 3 N–H and O–H groups in total.